The molecule has 0 unspecified atom stereocenters. The topological polar surface area (TPSA) is 93.8 Å². The van der Waals surface area contributed by atoms with E-state index in [-0.39, 0.29) is 10.1 Å². The standard InChI is InChI=1S/C9H7FN4O3S/c1-13-8(15)11-12-9(13)18-6-4-2-3-5(10)7(6)14(16)17/h2-4H,1H3,(H,11,15). The average Bonchev–Trinajstić information content (AvgIpc) is 2.60. The first kappa shape index (κ1) is 12.3. The van der Waals surface area contributed by atoms with Crippen LogP contribution in [0.15, 0.2) is 33.0 Å². The molecule has 0 aliphatic carbocycles. The van der Waals surface area contributed by atoms with Crippen molar-refractivity contribution < 1.29 is 9.31 Å². The van der Waals surface area contributed by atoms with Gasteiger partial charge in [0.25, 0.3) is 0 Å². The normalized spacial score (nSPS) is 10.6. The van der Waals surface area contributed by atoms with Gasteiger partial charge in [-0.05, 0) is 23.9 Å². The van der Waals surface area contributed by atoms with Crippen molar-refractivity contribution in [2.75, 3.05) is 0 Å². The molecule has 0 amide bonds. The van der Waals surface area contributed by atoms with Crippen LogP contribution in [-0.4, -0.2) is 19.7 Å². The van der Waals surface area contributed by atoms with Crippen LogP contribution in [0.25, 0.3) is 0 Å². The first-order chi connectivity index (χ1) is 8.50. The van der Waals surface area contributed by atoms with Crippen LogP contribution in [0.5, 0.6) is 0 Å². The lowest BCUT2D eigenvalue weighted by atomic mass is 10.3. The third-order valence-electron chi connectivity index (χ3n) is 2.17. The van der Waals surface area contributed by atoms with Gasteiger partial charge in [0, 0.05) is 7.05 Å². The number of hydrogen-bond acceptors (Lipinski definition) is 5. The SMILES string of the molecule is Cn1c(Sc2cccc(F)c2[N+](=O)[O-])n[nH]c1=O. The van der Waals surface area contributed by atoms with E-state index in [2.05, 4.69) is 10.2 Å². The Morgan fingerprint density at radius 3 is 2.83 bits per heavy atom. The molecular weight excluding hydrogens is 263 g/mol. The number of nitro benzene ring substituents is 1. The largest absolute Gasteiger partial charge is 0.343 e. The summed E-state index contributed by atoms with van der Waals surface area (Å²) in [6.45, 7) is 0. The van der Waals surface area contributed by atoms with Crippen molar-refractivity contribution in [1.29, 1.82) is 0 Å². The quantitative estimate of drug-likeness (QED) is 0.670. The summed E-state index contributed by atoms with van der Waals surface area (Å²) < 4.78 is 14.5. The van der Waals surface area contributed by atoms with Gasteiger partial charge in [-0.2, -0.15) is 4.39 Å². The fourth-order valence-electron chi connectivity index (χ4n) is 1.28. The molecule has 0 saturated heterocycles. The zero-order valence-electron chi connectivity index (χ0n) is 9.08. The summed E-state index contributed by atoms with van der Waals surface area (Å²) in [6.07, 6.45) is 0. The molecule has 0 atom stereocenters. The molecule has 0 bridgehead atoms. The first-order valence-electron chi connectivity index (χ1n) is 4.73. The third-order valence-corrected chi connectivity index (χ3v) is 3.27. The highest BCUT2D eigenvalue weighted by Gasteiger charge is 2.22. The van der Waals surface area contributed by atoms with E-state index in [0.717, 1.165) is 17.8 Å². The highest BCUT2D eigenvalue weighted by molar-refractivity contribution is 7.99. The summed E-state index contributed by atoms with van der Waals surface area (Å²) in [7, 11) is 1.46. The predicted octanol–water partition coefficient (Wildman–Crippen LogP) is 1.31. The van der Waals surface area contributed by atoms with Gasteiger partial charge in [0.05, 0.1) is 9.82 Å². The fourth-order valence-corrected chi connectivity index (χ4v) is 2.20. The molecule has 2 rings (SSSR count). The van der Waals surface area contributed by atoms with Crippen LogP contribution in [0.4, 0.5) is 10.1 Å². The minimum atomic E-state index is -0.925. The van der Waals surface area contributed by atoms with E-state index in [4.69, 9.17) is 0 Å². The van der Waals surface area contributed by atoms with Gasteiger partial charge >= 0.3 is 11.4 Å². The Morgan fingerprint density at radius 2 is 2.28 bits per heavy atom. The van der Waals surface area contributed by atoms with Crippen molar-refractivity contribution in [2.24, 2.45) is 7.05 Å². The van der Waals surface area contributed by atoms with E-state index in [1.165, 1.54) is 23.7 Å². The Morgan fingerprint density at radius 1 is 1.56 bits per heavy atom. The average molecular weight is 270 g/mol. The minimum Gasteiger partial charge on any atom is -0.273 e. The maximum atomic E-state index is 13.4. The second-order valence-corrected chi connectivity index (χ2v) is 4.33. The molecule has 0 saturated carbocycles. The highest BCUT2D eigenvalue weighted by atomic mass is 32.2. The van der Waals surface area contributed by atoms with Crippen LogP contribution >= 0.6 is 11.8 Å². The van der Waals surface area contributed by atoms with E-state index in [1.54, 1.807) is 0 Å². The molecule has 0 spiro atoms. The van der Waals surface area contributed by atoms with Gasteiger partial charge in [0.2, 0.25) is 5.82 Å². The van der Waals surface area contributed by atoms with Gasteiger partial charge in [-0.15, -0.1) is 5.10 Å². The maximum absolute atomic E-state index is 13.4. The number of halogens is 1. The van der Waals surface area contributed by atoms with Gasteiger partial charge in [-0.25, -0.2) is 9.89 Å². The number of para-hydroxylation sites is 1. The van der Waals surface area contributed by atoms with Crippen molar-refractivity contribution in [3.63, 3.8) is 0 Å². The Kier molecular flexibility index (Phi) is 3.15. The molecule has 1 N–H and O–H groups in total. The number of nitrogens with one attached hydrogen (secondary N) is 1. The van der Waals surface area contributed by atoms with Gasteiger partial charge < -0.3 is 0 Å². The molecule has 0 fully saturated rings. The molecule has 1 heterocycles. The van der Waals surface area contributed by atoms with Gasteiger partial charge in [-0.3, -0.25) is 14.7 Å². The number of hydrogen-bond donors (Lipinski definition) is 1. The second kappa shape index (κ2) is 4.61. The van der Waals surface area contributed by atoms with Crippen molar-refractivity contribution in [2.45, 2.75) is 10.1 Å². The Balaban J connectivity index is 2.47. The van der Waals surface area contributed by atoms with Gasteiger partial charge in [-0.1, -0.05) is 6.07 Å². The number of nitrogens with zero attached hydrogens (tertiary/aromatic N) is 3. The van der Waals surface area contributed by atoms with Crippen molar-refractivity contribution >= 4 is 17.4 Å². The lowest BCUT2D eigenvalue weighted by molar-refractivity contribution is -0.390. The van der Waals surface area contributed by atoms with Crippen molar-refractivity contribution in [3.05, 3.63) is 44.6 Å². The second-order valence-electron chi connectivity index (χ2n) is 3.32. The van der Waals surface area contributed by atoms with Crippen LogP contribution in [0, 0.1) is 15.9 Å². The number of nitro groups is 1. The maximum Gasteiger partial charge on any atom is 0.343 e. The zero-order valence-corrected chi connectivity index (χ0v) is 9.90. The molecule has 1 aromatic carbocycles. The highest BCUT2D eigenvalue weighted by Crippen LogP contribution is 2.34. The number of benzene rings is 1. The summed E-state index contributed by atoms with van der Waals surface area (Å²) in [5.74, 6) is -0.925. The van der Waals surface area contributed by atoms with E-state index >= 15 is 0 Å². The molecule has 18 heavy (non-hydrogen) atoms. The van der Waals surface area contributed by atoms with Crippen LogP contribution in [0.1, 0.15) is 0 Å². The van der Waals surface area contributed by atoms with Crippen molar-refractivity contribution in [1.82, 2.24) is 14.8 Å². The summed E-state index contributed by atoms with van der Waals surface area (Å²) in [5.41, 5.74) is -1.07. The van der Waals surface area contributed by atoms with E-state index in [1.807, 2.05) is 0 Å². The van der Waals surface area contributed by atoms with E-state index < -0.39 is 22.1 Å². The number of rotatable bonds is 3. The smallest absolute Gasteiger partial charge is 0.273 e. The first-order valence-corrected chi connectivity index (χ1v) is 5.54. The van der Waals surface area contributed by atoms with Gasteiger partial charge in [0.1, 0.15) is 0 Å². The van der Waals surface area contributed by atoms with Gasteiger partial charge in [0.15, 0.2) is 5.16 Å². The van der Waals surface area contributed by atoms with Crippen LogP contribution in [-0.2, 0) is 7.05 Å². The Bertz CT molecular complexity index is 666. The molecule has 9 heteroatoms. The van der Waals surface area contributed by atoms with E-state index in [9.17, 15) is 19.3 Å². The minimum absolute atomic E-state index is 0.0853. The fraction of sp³-hybridized carbons (Fsp3) is 0.111. The molecule has 0 aliphatic rings. The number of aromatic amines is 1. The molecule has 1 aromatic heterocycles. The monoisotopic (exact) mass is 270 g/mol. The van der Waals surface area contributed by atoms with Crippen LogP contribution in [0.2, 0.25) is 0 Å². The molecule has 7 nitrogen and oxygen atoms in total. The van der Waals surface area contributed by atoms with E-state index in [0.29, 0.717) is 0 Å². The summed E-state index contributed by atoms with van der Waals surface area (Å²) >= 11 is 0.843. The summed E-state index contributed by atoms with van der Waals surface area (Å²) in [6, 6.07) is 3.76. The summed E-state index contributed by atoms with van der Waals surface area (Å²) in [5, 5.41) is 16.9. The van der Waals surface area contributed by atoms with Crippen molar-refractivity contribution in [3.8, 4) is 0 Å². The molecule has 94 valence electrons. The molecule has 2 aromatic rings. The van der Waals surface area contributed by atoms with Crippen LogP contribution in [0.3, 0.4) is 0 Å². The Labute approximate surface area is 104 Å². The lowest BCUT2D eigenvalue weighted by Gasteiger charge is -2.02. The Hall–Kier alpha value is -2.16. The molecule has 0 radical (unpaired) electrons. The lowest BCUT2D eigenvalue weighted by Crippen LogP contribution is -2.12. The predicted molar refractivity (Wildman–Crippen MR) is 61.0 cm³/mol. The van der Waals surface area contributed by atoms with Crippen LogP contribution < -0.4 is 5.69 Å². The number of aromatic nitrogens is 3. The zero-order chi connectivity index (χ0) is 13.3. The number of H-pyrrole nitrogens is 1. The third kappa shape index (κ3) is 2.12. The summed E-state index contributed by atoms with van der Waals surface area (Å²) in [4.78, 5) is 21.2. The molecular formula is C9H7FN4O3S. The molecule has 0 aliphatic heterocycles.